The van der Waals surface area contributed by atoms with Gasteiger partial charge in [0.25, 0.3) is 0 Å². The lowest BCUT2D eigenvalue weighted by Crippen LogP contribution is -2.07. The number of nitrogens with zero attached hydrogens (tertiary/aromatic N) is 2. The van der Waals surface area contributed by atoms with Gasteiger partial charge in [0.15, 0.2) is 0 Å². The third-order valence-corrected chi connectivity index (χ3v) is 3.70. The number of aromatic nitrogens is 2. The molecule has 3 nitrogen and oxygen atoms in total. The molecule has 0 atom stereocenters. The van der Waals surface area contributed by atoms with Crippen LogP contribution in [0.4, 0.5) is 5.82 Å². The second-order valence-corrected chi connectivity index (χ2v) is 6.28. The lowest BCUT2D eigenvalue weighted by molar-refractivity contribution is 0.740. The average molecular weight is 267 g/mol. The van der Waals surface area contributed by atoms with Crippen LogP contribution in [0.3, 0.4) is 0 Å². The van der Waals surface area contributed by atoms with E-state index in [2.05, 4.69) is 56.0 Å². The van der Waals surface area contributed by atoms with E-state index in [1.165, 1.54) is 0 Å². The zero-order valence-electron chi connectivity index (χ0n) is 12.2. The molecule has 18 heavy (non-hydrogen) atoms. The first kappa shape index (κ1) is 15.3. The molecule has 0 aliphatic rings. The molecule has 0 fully saturated rings. The molecule has 0 unspecified atom stereocenters. The van der Waals surface area contributed by atoms with E-state index >= 15 is 0 Å². The lowest BCUT2D eigenvalue weighted by atomic mass is 10.2. The van der Waals surface area contributed by atoms with Gasteiger partial charge < -0.3 is 5.32 Å². The van der Waals surface area contributed by atoms with Gasteiger partial charge in [-0.15, -0.1) is 11.8 Å². The zero-order valence-corrected chi connectivity index (χ0v) is 13.0. The van der Waals surface area contributed by atoms with Gasteiger partial charge >= 0.3 is 0 Å². The molecular formula is C14H25N3S. The highest BCUT2D eigenvalue weighted by Gasteiger charge is 2.08. The van der Waals surface area contributed by atoms with Crippen LogP contribution in [0, 0.1) is 5.92 Å². The van der Waals surface area contributed by atoms with Gasteiger partial charge in [0.1, 0.15) is 16.7 Å². The fraction of sp³-hybridized carbons (Fsp3) is 0.714. The van der Waals surface area contributed by atoms with Crippen LogP contribution < -0.4 is 5.32 Å². The molecule has 0 aliphatic carbocycles. The fourth-order valence-electron chi connectivity index (χ4n) is 1.37. The summed E-state index contributed by atoms with van der Waals surface area (Å²) in [6.07, 6.45) is 1.11. The summed E-state index contributed by atoms with van der Waals surface area (Å²) in [6, 6.07) is 2.06. The minimum atomic E-state index is 0.367. The van der Waals surface area contributed by atoms with E-state index in [9.17, 15) is 0 Å². The van der Waals surface area contributed by atoms with Crippen LogP contribution in [0.1, 0.15) is 52.8 Å². The van der Waals surface area contributed by atoms with Gasteiger partial charge in [-0.1, -0.05) is 34.6 Å². The van der Waals surface area contributed by atoms with E-state index < -0.39 is 0 Å². The van der Waals surface area contributed by atoms with Crippen molar-refractivity contribution in [3.8, 4) is 0 Å². The molecule has 0 aromatic carbocycles. The SMILES string of the molecule is CCCNc1cc(SCC(C)C)nc(C(C)C)n1. The van der Waals surface area contributed by atoms with Crippen LogP contribution in [0.25, 0.3) is 0 Å². The van der Waals surface area contributed by atoms with Crippen LogP contribution in [-0.4, -0.2) is 22.3 Å². The van der Waals surface area contributed by atoms with Crippen molar-refractivity contribution in [3.63, 3.8) is 0 Å². The van der Waals surface area contributed by atoms with Gasteiger partial charge in [-0.05, 0) is 12.3 Å². The molecule has 0 spiro atoms. The molecule has 0 saturated carbocycles. The predicted molar refractivity (Wildman–Crippen MR) is 80.5 cm³/mol. The van der Waals surface area contributed by atoms with Crippen LogP contribution in [0.15, 0.2) is 11.1 Å². The van der Waals surface area contributed by atoms with Crippen molar-refractivity contribution in [2.75, 3.05) is 17.6 Å². The van der Waals surface area contributed by atoms with Crippen molar-refractivity contribution in [1.82, 2.24) is 9.97 Å². The Morgan fingerprint density at radius 3 is 2.50 bits per heavy atom. The van der Waals surface area contributed by atoms with E-state index in [1.807, 2.05) is 11.8 Å². The Morgan fingerprint density at radius 2 is 1.94 bits per heavy atom. The Bertz CT molecular complexity index is 364. The predicted octanol–water partition coefficient (Wildman–Crippen LogP) is 4.17. The summed E-state index contributed by atoms with van der Waals surface area (Å²) in [5.74, 6) is 4.04. The molecule has 1 aromatic rings. The molecule has 0 radical (unpaired) electrons. The van der Waals surface area contributed by atoms with E-state index in [-0.39, 0.29) is 0 Å². The van der Waals surface area contributed by atoms with Crippen LogP contribution in [0.5, 0.6) is 0 Å². The quantitative estimate of drug-likeness (QED) is 0.594. The zero-order chi connectivity index (χ0) is 13.5. The number of thioether (sulfide) groups is 1. The Labute approximate surface area is 115 Å². The van der Waals surface area contributed by atoms with Gasteiger partial charge in [-0.3, -0.25) is 0 Å². The molecule has 1 aromatic heterocycles. The first-order chi connectivity index (χ1) is 8.52. The van der Waals surface area contributed by atoms with Gasteiger partial charge in [0.05, 0.1) is 0 Å². The first-order valence-corrected chi connectivity index (χ1v) is 7.77. The van der Waals surface area contributed by atoms with Crippen molar-refractivity contribution in [1.29, 1.82) is 0 Å². The normalized spacial score (nSPS) is 11.3. The van der Waals surface area contributed by atoms with Crippen molar-refractivity contribution < 1.29 is 0 Å². The maximum absolute atomic E-state index is 4.62. The third kappa shape index (κ3) is 5.25. The van der Waals surface area contributed by atoms with Crippen LogP contribution in [0.2, 0.25) is 0 Å². The molecule has 0 amide bonds. The van der Waals surface area contributed by atoms with E-state index in [0.29, 0.717) is 11.8 Å². The van der Waals surface area contributed by atoms with E-state index in [4.69, 9.17) is 0 Å². The molecule has 1 N–H and O–H groups in total. The minimum Gasteiger partial charge on any atom is -0.370 e. The van der Waals surface area contributed by atoms with Crippen molar-refractivity contribution in [2.45, 2.75) is 52.0 Å². The number of rotatable bonds is 7. The number of anilines is 1. The maximum Gasteiger partial charge on any atom is 0.134 e. The molecule has 0 saturated heterocycles. The average Bonchev–Trinajstić information content (AvgIpc) is 2.33. The van der Waals surface area contributed by atoms with Gasteiger partial charge in [-0.2, -0.15) is 0 Å². The standard InChI is InChI=1S/C14H25N3S/c1-6-7-15-12-8-13(18-9-10(2)3)17-14(16-12)11(4)5/h8,10-11H,6-7,9H2,1-5H3,(H,15,16,17). The van der Waals surface area contributed by atoms with Crippen LogP contribution in [-0.2, 0) is 0 Å². The van der Waals surface area contributed by atoms with Gasteiger partial charge in [0.2, 0.25) is 0 Å². The smallest absolute Gasteiger partial charge is 0.134 e. The topological polar surface area (TPSA) is 37.8 Å². The molecule has 0 aliphatic heterocycles. The number of hydrogen-bond acceptors (Lipinski definition) is 4. The Kier molecular flexibility index (Phi) is 6.47. The number of nitrogens with one attached hydrogen (secondary N) is 1. The van der Waals surface area contributed by atoms with Gasteiger partial charge in [0, 0.05) is 24.3 Å². The summed E-state index contributed by atoms with van der Waals surface area (Å²) in [7, 11) is 0. The molecule has 1 rings (SSSR count). The molecule has 0 bridgehead atoms. The summed E-state index contributed by atoms with van der Waals surface area (Å²) < 4.78 is 0. The van der Waals surface area contributed by atoms with E-state index in [1.54, 1.807) is 0 Å². The highest BCUT2D eigenvalue weighted by atomic mass is 32.2. The summed E-state index contributed by atoms with van der Waals surface area (Å²) >= 11 is 1.82. The van der Waals surface area contributed by atoms with E-state index in [0.717, 1.165) is 35.4 Å². The minimum absolute atomic E-state index is 0.367. The second kappa shape index (κ2) is 7.62. The largest absolute Gasteiger partial charge is 0.370 e. The maximum atomic E-state index is 4.62. The Hall–Kier alpha value is -0.770. The first-order valence-electron chi connectivity index (χ1n) is 6.78. The molecule has 4 heteroatoms. The third-order valence-electron chi connectivity index (χ3n) is 2.36. The summed E-state index contributed by atoms with van der Waals surface area (Å²) in [5, 5.41) is 4.44. The number of hydrogen-bond donors (Lipinski definition) is 1. The van der Waals surface area contributed by atoms with Crippen molar-refractivity contribution in [2.24, 2.45) is 5.92 Å². The second-order valence-electron chi connectivity index (χ2n) is 5.24. The summed E-state index contributed by atoms with van der Waals surface area (Å²) in [6.45, 7) is 11.8. The molecule has 102 valence electrons. The van der Waals surface area contributed by atoms with Crippen molar-refractivity contribution >= 4 is 17.6 Å². The monoisotopic (exact) mass is 267 g/mol. The molecular weight excluding hydrogens is 242 g/mol. The highest BCUT2D eigenvalue weighted by Crippen LogP contribution is 2.23. The summed E-state index contributed by atoms with van der Waals surface area (Å²) in [4.78, 5) is 9.19. The fourth-order valence-corrected chi connectivity index (χ4v) is 2.23. The highest BCUT2D eigenvalue weighted by molar-refractivity contribution is 7.99. The van der Waals surface area contributed by atoms with Crippen LogP contribution >= 0.6 is 11.8 Å². The lowest BCUT2D eigenvalue weighted by Gasteiger charge is -2.11. The van der Waals surface area contributed by atoms with Gasteiger partial charge in [-0.25, -0.2) is 9.97 Å². The summed E-state index contributed by atoms with van der Waals surface area (Å²) in [5.41, 5.74) is 0. The Balaban J connectivity index is 2.83. The Morgan fingerprint density at radius 1 is 1.22 bits per heavy atom. The molecule has 1 heterocycles. The van der Waals surface area contributed by atoms with Crippen molar-refractivity contribution in [3.05, 3.63) is 11.9 Å².